The Morgan fingerprint density at radius 2 is 1.88 bits per heavy atom. The van der Waals surface area contributed by atoms with Gasteiger partial charge in [-0.2, -0.15) is 5.10 Å². The summed E-state index contributed by atoms with van der Waals surface area (Å²) < 4.78 is 1.87. The van der Waals surface area contributed by atoms with Crippen molar-refractivity contribution in [1.29, 1.82) is 0 Å². The van der Waals surface area contributed by atoms with Gasteiger partial charge in [0.05, 0.1) is 22.3 Å². The van der Waals surface area contributed by atoms with Crippen molar-refractivity contribution in [3.63, 3.8) is 0 Å². The summed E-state index contributed by atoms with van der Waals surface area (Å²) in [5, 5.41) is 10.5. The molecular weight excluding hydrogens is 357 g/mol. The van der Waals surface area contributed by atoms with E-state index < -0.39 is 0 Å². The Bertz CT molecular complexity index is 858. The molecule has 2 heterocycles. The molecule has 0 fully saturated rings. The van der Waals surface area contributed by atoms with E-state index in [0.29, 0.717) is 0 Å². The Morgan fingerprint density at radius 1 is 1.16 bits per heavy atom. The zero-order valence-corrected chi connectivity index (χ0v) is 17.1. The number of benzene rings is 1. The number of hydrogen-bond acceptors (Lipinski definition) is 4. The van der Waals surface area contributed by atoms with E-state index in [2.05, 4.69) is 61.5 Å². The standard InChI is InChI=1S/C18H25N5.2ClH/c1-12-7-8-15-14(11-12)17(19-9-6-10-22(3)4)16-13(2)21-23(5)18(16)20-15;;/h7-8,11H,6,9-10H2,1-5H3,(H,19,20);2*1H. The van der Waals surface area contributed by atoms with E-state index in [1.165, 1.54) is 10.9 Å². The molecule has 138 valence electrons. The first-order chi connectivity index (χ1) is 11.0. The first-order valence-corrected chi connectivity index (χ1v) is 8.09. The highest BCUT2D eigenvalue weighted by Crippen LogP contribution is 2.33. The van der Waals surface area contributed by atoms with E-state index in [1.54, 1.807) is 0 Å². The van der Waals surface area contributed by atoms with E-state index in [4.69, 9.17) is 4.98 Å². The minimum atomic E-state index is 0. The zero-order valence-electron chi connectivity index (χ0n) is 15.5. The third-order valence-corrected chi connectivity index (χ3v) is 4.17. The fourth-order valence-electron chi connectivity index (χ4n) is 3.06. The fourth-order valence-corrected chi connectivity index (χ4v) is 3.06. The van der Waals surface area contributed by atoms with Crippen LogP contribution in [-0.2, 0) is 7.05 Å². The lowest BCUT2D eigenvalue weighted by molar-refractivity contribution is 0.405. The second-order valence-corrected chi connectivity index (χ2v) is 6.50. The third-order valence-electron chi connectivity index (χ3n) is 4.17. The van der Waals surface area contributed by atoms with Crippen molar-refractivity contribution in [3.8, 4) is 0 Å². The summed E-state index contributed by atoms with van der Waals surface area (Å²) in [5.41, 5.74) is 5.39. The van der Waals surface area contributed by atoms with E-state index in [1.807, 2.05) is 11.7 Å². The maximum Gasteiger partial charge on any atom is 0.160 e. The lowest BCUT2D eigenvalue weighted by atomic mass is 10.1. The van der Waals surface area contributed by atoms with Crippen LogP contribution in [-0.4, -0.2) is 46.8 Å². The normalized spacial score (nSPS) is 10.8. The number of halogens is 2. The van der Waals surface area contributed by atoms with Crippen LogP contribution in [0.2, 0.25) is 0 Å². The molecule has 1 N–H and O–H groups in total. The predicted molar refractivity (Wildman–Crippen MR) is 112 cm³/mol. The highest BCUT2D eigenvalue weighted by atomic mass is 35.5. The van der Waals surface area contributed by atoms with Crippen molar-refractivity contribution >= 4 is 52.4 Å². The molecule has 1 aromatic carbocycles. The maximum atomic E-state index is 4.81. The fraction of sp³-hybridized carbons (Fsp3) is 0.444. The first kappa shape index (κ1) is 21.5. The Balaban J connectivity index is 0.00000156. The summed E-state index contributed by atoms with van der Waals surface area (Å²) in [7, 11) is 6.17. The number of anilines is 1. The van der Waals surface area contributed by atoms with Gasteiger partial charge in [-0.15, -0.1) is 24.8 Å². The largest absolute Gasteiger partial charge is 0.384 e. The summed E-state index contributed by atoms with van der Waals surface area (Å²) in [6.45, 7) is 6.19. The predicted octanol–water partition coefficient (Wildman–Crippen LogP) is 3.95. The second kappa shape index (κ2) is 8.70. The summed E-state index contributed by atoms with van der Waals surface area (Å²) in [5.74, 6) is 0. The topological polar surface area (TPSA) is 46.0 Å². The molecule has 5 nitrogen and oxygen atoms in total. The van der Waals surface area contributed by atoms with Gasteiger partial charge in [0.1, 0.15) is 0 Å². The van der Waals surface area contributed by atoms with E-state index in [9.17, 15) is 0 Å². The highest BCUT2D eigenvalue weighted by Gasteiger charge is 2.15. The molecule has 0 saturated carbocycles. The Kier molecular flexibility index (Phi) is 7.47. The van der Waals surface area contributed by atoms with E-state index in [0.717, 1.165) is 47.4 Å². The second-order valence-electron chi connectivity index (χ2n) is 6.50. The quantitative estimate of drug-likeness (QED) is 0.677. The average molecular weight is 384 g/mol. The molecule has 3 aromatic rings. The van der Waals surface area contributed by atoms with E-state index in [-0.39, 0.29) is 24.8 Å². The van der Waals surface area contributed by atoms with Gasteiger partial charge in [-0.25, -0.2) is 4.98 Å². The van der Waals surface area contributed by atoms with Crippen molar-refractivity contribution in [2.75, 3.05) is 32.5 Å². The summed E-state index contributed by atoms with van der Waals surface area (Å²) in [6.07, 6.45) is 1.10. The molecule has 0 unspecified atom stereocenters. The van der Waals surface area contributed by atoms with Crippen LogP contribution in [0.1, 0.15) is 17.7 Å². The molecule has 0 aliphatic heterocycles. The van der Waals surface area contributed by atoms with Gasteiger partial charge in [0.2, 0.25) is 0 Å². The molecule has 0 spiro atoms. The van der Waals surface area contributed by atoms with Crippen LogP contribution in [0, 0.1) is 13.8 Å². The van der Waals surface area contributed by atoms with Gasteiger partial charge in [-0.1, -0.05) is 11.6 Å². The van der Waals surface area contributed by atoms with Crippen LogP contribution in [0.4, 0.5) is 5.69 Å². The molecule has 3 rings (SSSR count). The molecule has 25 heavy (non-hydrogen) atoms. The zero-order chi connectivity index (χ0) is 16.6. The number of hydrogen-bond donors (Lipinski definition) is 1. The Hall–Kier alpha value is -1.56. The number of nitrogens with one attached hydrogen (secondary N) is 1. The van der Waals surface area contributed by atoms with Crippen LogP contribution in [0.5, 0.6) is 0 Å². The van der Waals surface area contributed by atoms with Gasteiger partial charge in [0.25, 0.3) is 0 Å². The minimum Gasteiger partial charge on any atom is -0.384 e. The van der Waals surface area contributed by atoms with Crippen molar-refractivity contribution < 1.29 is 0 Å². The van der Waals surface area contributed by atoms with Crippen molar-refractivity contribution in [1.82, 2.24) is 19.7 Å². The summed E-state index contributed by atoms with van der Waals surface area (Å²) in [4.78, 5) is 7.02. The molecule has 0 atom stereocenters. The first-order valence-electron chi connectivity index (χ1n) is 8.09. The summed E-state index contributed by atoms with van der Waals surface area (Å²) in [6, 6.07) is 6.42. The highest BCUT2D eigenvalue weighted by molar-refractivity contribution is 6.07. The van der Waals surface area contributed by atoms with Gasteiger partial charge in [-0.3, -0.25) is 4.68 Å². The van der Waals surface area contributed by atoms with Gasteiger partial charge in [0, 0.05) is 19.0 Å². The third kappa shape index (κ3) is 4.35. The van der Waals surface area contributed by atoms with Crippen molar-refractivity contribution in [2.45, 2.75) is 20.3 Å². The molecule has 0 bridgehead atoms. The number of aromatic nitrogens is 3. The molecular formula is C18H27Cl2N5. The van der Waals surface area contributed by atoms with Crippen LogP contribution in [0.15, 0.2) is 18.2 Å². The number of nitrogens with zero attached hydrogens (tertiary/aromatic N) is 4. The van der Waals surface area contributed by atoms with Crippen LogP contribution in [0.3, 0.4) is 0 Å². The lowest BCUT2D eigenvalue weighted by Gasteiger charge is -2.14. The van der Waals surface area contributed by atoms with E-state index >= 15 is 0 Å². The molecule has 2 aromatic heterocycles. The van der Waals surface area contributed by atoms with Gasteiger partial charge < -0.3 is 10.2 Å². The average Bonchev–Trinajstić information content (AvgIpc) is 2.77. The number of pyridine rings is 1. The number of fused-ring (bicyclic) bond motifs is 2. The Morgan fingerprint density at radius 3 is 2.56 bits per heavy atom. The maximum absolute atomic E-state index is 4.81. The van der Waals surface area contributed by atoms with Crippen molar-refractivity contribution in [3.05, 3.63) is 29.5 Å². The Labute approximate surface area is 161 Å². The molecule has 0 radical (unpaired) electrons. The number of rotatable bonds is 5. The van der Waals surface area contributed by atoms with Crippen molar-refractivity contribution in [2.24, 2.45) is 7.05 Å². The van der Waals surface area contributed by atoms with Crippen LogP contribution in [0.25, 0.3) is 21.9 Å². The monoisotopic (exact) mass is 383 g/mol. The minimum absolute atomic E-state index is 0. The molecule has 0 amide bonds. The summed E-state index contributed by atoms with van der Waals surface area (Å²) >= 11 is 0. The smallest absolute Gasteiger partial charge is 0.160 e. The molecule has 0 aliphatic rings. The van der Waals surface area contributed by atoms with Crippen LogP contribution >= 0.6 is 24.8 Å². The van der Waals surface area contributed by atoms with Crippen LogP contribution < -0.4 is 5.32 Å². The van der Waals surface area contributed by atoms with Gasteiger partial charge in [-0.05, 0) is 53.0 Å². The molecule has 0 saturated heterocycles. The number of aryl methyl sites for hydroxylation is 3. The van der Waals surface area contributed by atoms with Gasteiger partial charge in [0.15, 0.2) is 5.65 Å². The lowest BCUT2D eigenvalue weighted by Crippen LogP contribution is -2.16. The molecule has 7 heteroatoms. The van der Waals surface area contributed by atoms with Gasteiger partial charge >= 0.3 is 0 Å². The SMILES string of the molecule is Cc1ccc2nc3c(c(C)nn3C)c(NCCCN(C)C)c2c1.Cl.Cl. The molecule has 0 aliphatic carbocycles.